The molecule has 0 aromatic rings. The Morgan fingerprint density at radius 3 is 1.46 bits per heavy atom. The lowest BCUT2D eigenvalue weighted by Gasteiger charge is -2.18. The minimum atomic E-state index is -1.38. The molecule has 0 fully saturated rings. The quantitative estimate of drug-likeness (QED) is 0.0272. The number of unbranched alkanes of at least 4 members (excludes halogenated alkanes) is 21. The number of carboxylic acids is 1. The van der Waals surface area contributed by atoms with Crippen molar-refractivity contribution in [1.29, 1.82) is 0 Å². The topological polar surface area (TPSA) is 142 Å². The first-order valence-electron chi connectivity index (χ1n) is 24.0. The number of hydrogen-bond acceptors (Lipinski definition) is 6. The summed E-state index contributed by atoms with van der Waals surface area (Å²) in [5, 5.41) is 22.6. The highest BCUT2D eigenvalue weighted by Gasteiger charge is 2.19. The van der Waals surface area contributed by atoms with Crippen molar-refractivity contribution in [2.24, 2.45) is 0 Å². The number of amides is 2. The molecule has 0 rings (SSSR count). The number of aliphatic hydroxyl groups excluding tert-OH is 1. The van der Waals surface area contributed by atoms with Gasteiger partial charge in [-0.05, 0) is 77.0 Å². The molecule has 0 saturated heterocycles. The van der Waals surface area contributed by atoms with Crippen molar-refractivity contribution in [3.8, 4) is 0 Å². The van der Waals surface area contributed by atoms with E-state index < -0.39 is 24.5 Å². The average Bonchev–Trinajstić information content (AvgIpc) is 3.22. The average molecular weight is 829 g/mol. The zero-order chi connectivity index (χ0) is 43.3. The molecule has 2 amide bonds. The number of esters is 1. The van der Waals surface area contributed by atoms with Crippen molar-refractivity contribution in [3.63, 3.8) is 0 Å². The fourth-order valence-electron chi connectivity index (χ4n) is 6.94. The number of ether oxygens (including phenoxy) is 1. The molecule has 0 aliphatic carbocycles. The van der Waals surface area contributed by atoms with Gasteiger partial charge in [0.1, 0.15) is 12.1 Å². The molecule has 9 nitrogen and oxygen atoms in total. The van der Waals surface area contributed by atoms with Crippen LogP contribution in [0.2, 0.25) is 0 Å². The molecule has 0 radical (unpaired) electrons. The first kappa shape index (κ1) is 55.8. The number of aliphatic hydroxyl groups is 1. The van der Waals surface area contributed by atoms with E-state index >= 15 is 0 Å². The molecule has 4 N–H and O–H groups in total. The lowest BCUT2D eigenvalue weighted by molar-refractivity contribution is -0.150. The minimum absolute atomic E-state index is 0.0139. The van der Waals surface area contributed by atoms with Crippen LogP contribution in [0, 0.1) is 0 Å². The molecule has 2 atom stereocenters. The largest absolute Gasteiger partial charge is 0.480 e. The molecular weight excluding hydrogens is 741 g/mol. The van der Waals surface area contributed by atoms with Crippen LogP contribution in [0.1, 0.15) is 219 Å². The lowest BCUT2D eigenvalue weighted by Crippen LogP contribution is -2.47. The normalized spacial score (nSPS) is 12.9. The lowest BCUT2D eigenvalue weighted by atomic mass is 10.0. The summed E-state index contributed by atoms with van der Waals surface area (Å²) in [7, 11) is 0. The van der Waals surface area contributed by atoms with Crippen LogP contribution in [-0.2, 0) is 23.9 Å². The second kappa shape index (κ2) is 44.4. The van der Waals surface area contributed by atoms with Crippen LogP contribution in [0.4, 0.5) is 0 Å². The van der Waals surface area contributed by atoms with E-state index in [2.05, 4.69) is 73.1 Å². The molecule has 2 unspecified atom stereocenters. The first-order chi connectivity index (χ1) is 28.8. The van der Waals surface area contributed by atoms with Crippen LogP contribution < -0.4 is 10.6 Å². The minimum Gasteiger partial charge on any atom is -0.480 e. The molecule has 9 heteroatoms. The molecule has 59 heavy (non-hydrogen) atoms. The van der Waals surface area contributed by atoms with E-state index in [-0.39, 0.29) is 24.5 Å². The van der Waals surface area contributed by atoms with Gasteiger partial charge in [-0.25, -0.2) is 4.79 Å². The number of carbonyl (C=O) groups is 4. The van der Waals surface area contributed by atoms with Gasteiger partial charge in [-0.2, -0.15) is 0 Å². The standard InChI is InChI=1S/C50H88N2O7/c1-3-5-7-9-11-13-14-15-16-17-18-19-20-21-22-23-24-25-26-27-29-34-38-42-49(56)59-45(39-35-31-28-12-10-8-6-4-2)40-36-32-30-33-37-41-47(54)51-43-48(55)52-46(44-53)50(57)58/h5,7,11,13,15-16,18-19,45-46,53H,3-4,6,8-10,12,14,17,20-44H2,1-2H3,(H,51,54)(H,52,55)(H,57,58)/b7-5-,13-11-,16-15-,19-18-. The van der Waals surface area contributed by atoms with Gasteiger partial charge in [0.05, 0.1) is 13.2 Å². The van der Waals surface area contributed by atoms with Crippen LogP contribution in [0.15, 0.2) is 48.6 Å². The van der Waals surface area contributed by atoms with Gasteiger partial charge in [-0.15, -0.1) is 0 Å². The highest BCUT2D eigenvalue weighted by Crippen LogP contribution is 2.19. The van der Waals surface area contributed by atoms with Crippen molar-refractivity contribution in [2.75, 3.05) is 13.2 Å². The molecule has 0 aromatic heterocycles. The van der Waals surface area contributed by atoms with Crippen molar-refractivity contribution < 1.29 is 34.1 Å². The molecule has 0 saturated carbocycles. The number of nitrogens with one attached hydrogen (secondary N) is 2. The molecular formula is C50H88N2O7. The van der Waals surface area contributed by atoms with Gasteiger partial charge < -0.3 is 25.6 Å². The van der Waals surface area contributed by atoms with Crippen molar-refractivity contribution in [1.82, 2.24) is 10.6 Å². The number of carbonyl (C=O) groups excluding carboxylic acids is 3. The number of rotatable bonds is 43. The summed E-state index contributed by atoms with van der Waals surface area (Å²) in [6, 6.07) is -1.38. The molecule has 0 aliphatic rings. The predicted molar refractivity (Wildman–Crippen MR) is 245 cm³/mol. The zero-order valence-electron chi connectivity index (χ0n) is 37.8. The van der Waals surface area contributed by atoms with Gasteiger partial charge in [-0.3, -0.25) is 14.4 Å². The summed E-state index contributed by atoms with van der Waals surface area (Å²) in [4.78, 5) is 47.6. The van der Waals surface area contributed by atoms with E-state index in [1.807, 2.05) is 0 Å². The monoisotopic (exact) mass is 829 g/mol. The second-order valence-corrected chi connectivity index (χ2v) is 16.2. The maximum absolute atomic E-state index is 12.8. The predicted octanol–water partition coefficient (Wildman–Crippen LogP) is 12.3. The maximum Gasteiger partial charge on any atom is 0.328 e. The SMILES string of the molecule is CC/C=C\C/C=C\C/C=C\C/C=C\CCCCCCCCCCCCC(=O)OC(CCCCCCCCCC)CCCCCCCC(=O)NCC(=O)NC(CO)C(=O)O. The summed E-state index contributed by atoms with van der Waals surface area (Å²) in [5.74, 6) is -2.29. The van der Waals surface area contributed by atoms with Crippen LogP contribution in [0.3, 0.4) is 0 Å². The van der Waals surface area contributed by atoms with Crippen LogP contribution >= 0.6 is 0 Å². The molecule has 340 valence electrons. The third-order valence-electron chi connectivity index (χ3n) is 10.6. The Hall–Kier alpha value is -3.20. The van der Waals surface area contributed by atoms with Gasteiger partial charge in [0.2, 0.25) is 11.8 Å². The Morgan fingerprint density at radius 1 is 0.525 bits per heavy atom. The zero-order valence-corrected chi connectivity index (χ0v) is 37.8. The Labute approximate surface area is 360 Å². The fourth-order valence-corrected chi connectivity index (χ4v) is 6.94. The first-order valence-corrected chi connectivity index (χ1v) is 24.0. The van der Waals surface area contributed by atoms with Crippen molar-refractivity contribution in [2.45, 2.75) is 231 Å². The van der Waals surface area contributed by atoms with E-state index in [0.717, 1.165) is 83.5 Å². The van der Waals surface area contributed by atoms with Gasteiger partial charge in [0.15, 0.2) is 0 Å². The number of aliphatic carboxylic acids is 1. The third-order valence-corrected chi connectivity index (χ3v) is 10.6. The second-order valence-electron chi connectivity index (χ2n) is 16.2. The summed E-state index contributed by atoms with van der Waals surface area (Å²) in [6.45, 7) is 3.37. The summed E-state index contributed by atoms with van der Waals surface area (Å²) < 4.78 is 6.03. The van der Waals surface area contributed by atoms with Crippen LogP contribution in [-0.4, -0.2) is 59.3 Å². The van der Waals surface area contributed by atoms with E-state index in [9.17, 15) is 19.2 Å². The van der Waals surface area contributed by atoms with Gasteiger partial charge in [0, 0.05) is 12.8 Å². The van der Waals surface area contributed by atoms with Crippen LogP contribution in [0.25, 0.3) is 0 Å². The Bertz CT molecular complexity index is 1130. The fraction of sp³-hybridized carbons (Fsp3) is 0.760. The van der Waals surface area contributed by atoms with Crippen molar-refractivity contribution >= 4 is 23.8 Å². The van der Waals surface area contributed by atoms with Gasteiger partial charge in [-0.1, -0.05) is 178 Å². The summed E-state index contributed by atoms with van der Waals surface area (Å²) in [5.41, 5.74) is 0. The smallest absolute Gasteiger partial charge is 0.328 e. The molecule has 0 heterocycles. The molecule has 0 aromatic carbocycles. The van der Waals surface area contributed by atoms with E-state index in [4.69, 9.17) is 14.9 Å². The van der Waals surface area contributed by atoms with E-state index in [0.29, 0.717) is 19.3 Å². The third kappa shape index (κ3) is 41.3. The Morgan fingerprint density at radius 2 is 0.966 bits per heavy atom. The maximum atomic E-state index is 12.8. The van der Waals surface area contributed by atoms with E-state index in [1.165, 1.54) is 103 Å². The van der Waals surface area contributed by atoms with Crippen molar-refractivity contribution in [3.05, 3.63) is 48.6 Å². The molecule has 0 aliphatic heterocycles. The molecule has 0 spiro atoms. The highest BCUT2D eigenvalue weighted by atomic mass is 16.5. The Balaban J connectivity index is 4.10. The summed E-state index contributed by atoms with van der Waals surface area (Å²) in [6.07, 6.45) is 52.9. The van der Waals surface area contributed by atoms with Gasteiger partial charge in [0.25, 0.3) is 0 Å². The number of hydrogen-bond donors (Lipinski definition) is 4. The summed E-state index contributed by atoms with van der Waals surface area (Å²) >= 11 is 0. The number of allylic oxidation sites excluding steroid dienone is 8. The molecule has 0 bridgehead atoms. The highest BCUT2D eigenvalue weighted by molar-refractivity contribution is 5.87. The van der Waals surface area contributed by atoms with Gasteiger partial charge >= 0.3 is 11.9 Å². The van der Waals surface area contributed by atoms with E-state index in [1.54, 1.807) is 0 Å². The number of carboxylic acid groups (broad SMARTS) is 1. The van der Waals surface area contributed by atoms with Crippen LogP contribution in [0.5, 0.6) is 0 Å². The Kier molecular flexibility index (Phi) is 41.9.